The molecule has 1 aromatic carbocycles. The normalized spacial score (nSPS) is 30.8. The van der Waals surface area contributed by atoms with E-state index in [2.05, 4.69) is 5.32 Å². The number of aliphatic hydroxyl groups excluding tert-OH is 1. The van der Waals surface area contributed by atoms with E-state index in [0.29, 0.717) is 26.1 Å². The van der Waals surface area contributed by atoms with Crippen LogP contribution in [0.25, 0.3) is 0 Å². The lowest BCUT2D eigenvalue weighted by atomic mass is 9.77. The summed E-state index contributed by atoms with van der Waals surface area (Å²) in [6.45, 7) is 1.13. The fourth-order valence-electron chi connectivity index (χ4n) is 4.39. The first kappa shape index (κ1) is 17.8. The smallest absolute Gasteiger partial charge is 0.526 e. The Hall–Kier alpha value is -2.30. The predicted molar refractivity (Wildman–Crippen MR) is 96.5 cm³/mol. The Morgan fingerprint density at radius 1 is 1.29 bits per heavy atom. The van der Waals surface area contributed by atoms with Crippen molar-refractivity contribution in [2.24, 2.45) is 0 Å². The van der Waals surface area contributed by atoms with Crippen molar-refractivity contribution in [2.75, 3.05) is 19.6 Å². The van der Waals surface area contributed by atoms with E-state index in [1.807, 2.05) is 0 Å². The third kappa shape index (κ3) is 2.83. The van der Waals surface area contributed by atoms with E-state index in [-0.39, 0.29) is 46.9 Å². The first-order chi connectivity index (χ1) is 13.4. The quantitative estimate of drug-likeness (QED) is 0.505. The molecule has 10 heteroatoms. The van der Waals surface area contributed by atoms with Gasteiger partial charge in [0.2, 0.25) is 5.91 Å². The first-order valence-electron chi connectivity index (χ1n) is 9.54. The maximum atomic E-state index is 12.4. The number of likely N-dealkylation sites (tertiary alicyclic amines) is 1. The molecule has 1 amide bonds. The van der Waals surface area contributed by atoms with Crippen LogP contribution in [0.3, 0.4) is 0 Å². The molecule has 0 aromatic heterocycles. The Balaban J connectivity index is 1.28. The highest BCUT2D eigenvalue weighted by Crippen LogP contribution is 2.60. The number of β-amino-alcohol motifs (C(OH)–C–C–N with tert-alkyl or cyclic N) is 1. The van der Waals surface area contributed by atoms with Crippen molar-refractivity contribution < 1.29 is 34.2 Å². The lowest BCUT2D eigenvalue weighted by Gasteiger charge is -2.40. The number of aromatic carboxylic acids is 1. The van der Waals surface area contributed by atoms with Gasteiger partial charge < -0.3 is 34.8 Å². The van der Waals surface area contributed by atoms with Crippen LogP contribution in [0.1, 0.15) is 34.7 Å². The predicted octanol–water partition coefficient (Wildman–Crippen LogP) is -0.572. The van der Waals surface area contributed by atoms with Crippen LogP contribution in [0, 0.1) is 0 Å². The monoisotopic (exact) mass is 388 g/mol. The topological polar surface area (TPSA) is 129 Å². The van der Waals surface area contributed by atoms with Crippen LogP contribution in [0.4, 0.5) is 0 Å². The second-order valence-corrected chi connectivity index (χ2v) is 8.01. The van der Waals surface area contributed by atoms with Gasteiger partial charge in [0.25, 0.3) is 0 Å². The zero-order valence-electron chi connectivity index (χ0n) is 15.1. The minimum absolute atomic E-state index is 0.0369. The number of aliphatic hydroxyl groups is 1. The van der Waals surface area contributed by atoms with Gasteiger partial charge in [0, 0.05) is 12.4 Å². The van der Waals surface area contributed by atoms with Crippen LogP contribution < -0.4 is 14.7 Å². The van der Waals surface area contributed by atoms with Crippen LogP contribution >= 0.6 is 0 Å². The van der Waals surface area contributed by atoms with E-state index in [0.717, 1.165) is 12.0 Å². The SMILES string of the molecule is O=C(O)c1c(OC2CN(C(=O)[C@@H]3C[C@H](O)CN3)C2)ccc2c1OB(O)[C@H]1C[C@@H]21. The molecule has 3 fully saturated rings. The summed E-state index contributed by atoms with van der Waals surface area (Å²) in [6, 6.07) is 3.06. The summed E-state index contributed by atoms with van der Waals surface area (Å²) >= 11 is 0. The van der Waals surface area contributed by atoms with Gasteiger partial charge in [-0.15, -0.1) is 0 Å². The van der Waals surface area contributed by atoms with E-state index in [1.54, 1.807) is 17.0 Å². The fourth-order valence-corrected chi connectivity index (χ4v) is 4.39. The lowest BCUT2D eigenvalue weighted by Crippen LogP contribution is -2.59. The molecule has 4 atom stereocenters. The molecule has 3 aliphatic heterocycles. The molecule has 4 N–H and O–H groups in total. The Kier molecular flexibility index (Phi) is 4.04. The molecule has 1 aromatic rings. The van der Waals surface area contributed by atoms with Crippen molar-refractivity contribution in [3.05, 3.63) is 23.3 Å². The minimum Gasteiger partial charge on any atom is -0.535 e. The average molecular weight is 388 g/mol. The van der Waals surface area contributed by atoms with Crippen LogP contribution in [0.2, 0.25) is 5.82 Å². The molecule has 28 heavy (non-hydrogen) atoms. The van der Waals surface area contributed by atoms with E-state index in [9.17, 15) is 24.8 Å². The van der Waals surface area contributed by atoms with Gasteiger partial charge in [-0.3, -0.25) is 4.79 Å². The van der Waals surface area contributed by atoms with Crippen LogP contribution in [-0.4, -0.2) is 77.0 Å². The standard InChI is InChI=1S/C18H21BN2O7/c22-8-3-13(20-5-8)17(23)21-6-9(7-21)27-14-2-1-10-11-4-12(11)19(26)28-16(10)15(14)18(24)25/h1-2,8-9,11-13,20,22,26H,3-7H2,(H,24,25)/t8-,11-,12-,13-/m0/s1. The number of carboxylic acid groups (broad SMARTS) is 1. The zero-order chi connectivity index (χ0) is 19.6. The van der Waals surface area contributed by atoms with E-state index >= 15 is 0 Å². The van der Waals surface area contributed by atoms with E-state index in [1.165, 1.54) is 0 Å². The molecule has 148 valence electrons. The maximum Gasteiger partial charge on any atom is 0.526 e. The van der Waals surface area contributed by atoms with Gasteiger partial charge in [-0.25, -0.2) is 4.79 Å². The number of hydrogen-bond acceptors (Lipinski definition) is 7. The van der Waals surface area contributed by atoms with Crippen molar-refractivity contribution in [1.82, 2.24) is 10.2 Å². The molecular formula is C18H21BN2O7. The number of carboxylic acids is 1. The Bertz CT molecular complexity index is 843. The number of hydrogen-bond donors (Lipinski definition) is 4. The molecule has 1 saturated carbocycles. The second-order valence-electron chi connectivity index (χ2n) is 8.01. The number of ether oxygens (including phenoxy) is 1. The number of nitrogens with zero attached hydrogens (tertiary/aromatic N) is 1. The molecular weight excluding hydrogens is 367 g/mol. The molecule has 9 nitrogen and oxygen atoms in total. The van der Waals surface area contributed by atoms with Gasteiger partial charge in [-0.1, -0.05) is 6.07 Å². The van der Waals surface area contributed by atoms with Gasteiger partial charge in [-0.2, -0.15) is 0 Å². The van der Waals surface area contributed by atoms with Crippen molar-refractivity contribution >= 4 is 19.0 Å². The molecule has 1 aliphatic carbocycles. The number of carbonyl (C=O) groups excluding carboxylic acids is 1. The summed E-state index contributed by atoms with van der Waals surface area (Å²) in [7, 11) is -0.989. The molecule has 0 radical (unpaired) electrons. The molecule has 0 spiro atoms. The molecule has 0 unspecified atom stereocenters. The third-order valence-corrected chi connectivity index (χ3v) is 6.07. The van der Waals surface area contributed by atoms with Gasteiger partial charge in [0.05, 0.1) is 25.2 Å². The largest absolute Gasteiger partial charge is 0.535 e. The zero-order valence-corrected chi connectivity index (χ0v) is 15.1. The second kappa shape index (κ2) is 6.36. The van der Waals surface area contributed by atoms with Gasteiger partial charge in [-0.05, 0) is 30.4 Å². The van der Waals surface area contributed by atoms with Crippen molar-refractivity contribution in [3.63, 3.8) is 0 Å². The van der Waals surface area contributed by atoms with Crippen molar-refractivity contribution in [2.45, 2.75) is 42.8 Å². The highest BCUT2D eigenvalue weighted by molar-refractivity contribution is 6.48. The third-order valence-electron chi connectivity index (χ3n) is 6.07. The number of rotatable bonds is 4. The number of nitrogens with one attached hydrogen (secondary N) is 1. The molecule has 0 bridgehead atoms. The Labute approximate surface area is 161 Å². The minimum atomic E-state index is -1.17. The summed E-state index contributed by atoms with van der Waals surface area (Å²) in [6.07, 6.45) is 0.374. The van der Waals surface area contributed by atoms with Crippen LogP contribution in [0.15, 0.2) is 12.1 Å². The average Bonchev–Trinajstić information content (AvgIpc) is 3.31. The number of benzene rings is 1. The van der Waals surface area contributed by atoms with Crippen LogP contribution in [-0.2, 0) is 4.79 Å². The van der Waals surface area contributed by atoms with Crippen molar-refractivity contribution in [3.8, 4) is 11.5 Å². The highest BCUT2D eigenvalue weighted by atomic mass is 16.5. The summed E-state index contributed by atoms with van der Waals surface area (Å²) < 4.78 is 11.3. The van der Waals surface area contributed by atoms with Gasteiger partial charge >= 0.3 is 13.1 Å². The molecule has 5 rings (SSSR count). The summed E-state index contributed by atoms with van der Waals surface area (Å²) in [4.78, 5) is 25.9. The van der Waals surface area contributed by atoms with E-state index in [4.69, 9.17) is 9.39 Å². The highest BCUT2D eigenvalue weighted by Gasteiger charge is 2.54. The fraction of sp³-hybridized carbons (Fsp3) is 0.556. The first-order valence-corrected chi connectivity index (χ1v) is 9.54. The number of amides is 1. The van der Waals surface area contributed by atoms with Gasteiger partial charge in [0.15, 0.2) is 0 Å². The molecule has 4 aliphatic rings. The lowest BCUT2D eigenvalue weighted by molar-refractivity contribution is -0.142. The number of carbonyl (C=O) groups is 2. The van der Waals surface area contributed by atoms with E-state index < -0.39 is 19.2 Å². The summed E-state index contributed by atoms with van der Waals surface area (Å²) in [5.74, 6) is -0.704. The maximum absolute atomic E-state index is 12.4. The van der Waals surface area contributed by atoms with Crippen molar-refractivity contribution in [1.29, 1.82) is 0 Å². The Morgan fingerprint density at radius 3 is 2.75 bits per heavy atom. The molecule has 3 heterocycles. The molecule has 2 saturated heterocycles. The van der Waals surface area contributed by atoms with Crippen LogP contribution in [0.5, 0.6) is 11.5 Å². The van der Waals surface area contributed by atoms with Gasteiger partial charge in [0.1, 0.15) is 23.2 Å². The number of fused-ring (bicyclic) bond motifs is 3. The summed E-state index contributed by atoms with van der Waals surface area (Å²) in [5.41, 5.74) is 0.726. The summed E-state index contributed by atoms with van der Waals surface area (Å²) in [5, 5.41) is 32.2. The Morgan fingerprint density at radius 2 is 2.07 bits per heavy atom.